The number of thiophene rings is 1. The van der Waals surface area contributed by atoms with Crippen molar-refractivity contribution in [2.75, 3.05) is 5.32 Å². The number of rotatable bonds is 5. The third-order valence-electron chi connectivity index (χ3n) is 4.79. The fraction of sp³-hybridized carbons (Fsp3) is 0.136. The smallest absolute Gasteiger partial charge is 0.323 e. The number of hydrogen-bond donors (Lipinski definition) is 1. The molecule has 9 heteroatoms. The van der Waals surface area contributed by atoms with Crippen LogP contribution in [-0.4, -0.2) is 15.0 Å². The van der Waals surface area contributed by atoms with Crippen LogP contribution < -0.4 is 16.6 Å². The van der Waals surface area contributed by atoms with E-state index >= 15 is 0 Å². The van der Waals surface area contributed by atoms with Crippen molar-refractivity contribution in [2.45, 2.75) is 20.0 Å². The molecule has 31 heavy (non-hydrogen) atoms. The molecule has 0 atom stereocenters. The highest BCUT2D eigenvalue weighted by Crippen LogP contribution is 2.23. The van der Waals surface area contributed by atoms with E-state index in [9.17, 15) is 18.8 Å². The minimum Gasteiger partial charge on any atom is -0.323 e. The number of hydrogen-bond acceptors (Lipinski definition) is 4. The van der Waals surface area contributed by atoms with Crippen molar-refractivity contribution in [1.82, 2.24) is 9.13 Å². The molecule has 2 aromatic carbocycles. The van der Waals surface area contributed by atoms with E-state index < -0.39 is 23.0 Å². The summed E-state index contributed by atoms with van der Waals surface area (Å²) in [5.74, 6) is -0.860. The Morgan fingerprint density at radius 2 is 1.84 bits per heavy atom. The molecule has 1 N–H and O–H groups in total. The highest BCUT2D eigenvalue weighted by molar-refractivity contribution is 7.17. The number of fused-ring (bicyclic) bond motifs is 1. The van der Waals surface area contributed by atoms with Gasteiger partial charge in [0.1, 0.15) is 17.1 Å². The SMILES string of the molecule is Cc1ccc(NC(=O)Cn2c(=O)n(Cc3ccc(F)cc3)c(=O)c3sccc32)c(Cl)c1. The van der Waals surface area contributed by atoms with E-state index in [1.165, 1.54) is 40.2 Å². The molecule has 4 aromatic rings. The highest BCUT2D eigenvalue weighted by atomic mass is 35.5. The molecule has 0 unspecified atom stereocenters. The molecule has 4 rings (SSSR count). The number of carbonyl (C=O) groups excluding carboxylic acids is 1. The molecular weight excluding hydrogens is 441 g/mol. The second-order valence-corrected chi connectivity index (χ2v) is 8.38. The average Bonchev–Trinajstić information content (AvgIpc) is 3.22. The second-order valence-electron chi connectivity index (χ2n) is 7.05. The van der Waals surface area contributed by atoms with Crippen LogP contribution in [0.25, 0.3) is 10.2 Å². The summed E-state index contributed by atoms with van der Waals surface area (Å²) < 4.78 is 15.9. The van der Waals surface area contributed by atoms with Crippen molar-refractivity contribution in [2.24, 2.45) is 0 Å². The first-order chi connectivity index (χ1) is 14.8. The lowest BCUT2D eigenvalue weighted by Gasteiger charge is -2.13. The zero-order valence-corrected chi connectivity index (χ0v) is 18.0. The molecule has 1 amide bonds. The summed E-state index contributed by atoms with van der Waals surface area (Å²) in [5.41, 5.74) is 1.31. The Kier molecular flexibility index (Phi) is 5.75. The van der Waals surface area contributed by atoms with E-state index in [-0.39, 0.29) is 13.1 Å². The van der Waals surface area contributed by atoms with E-state index in [1.807, 2.05) is 13.0 Å². The summed E-state index contributed by atoms with van der Waals surface area (Å²) in [5, 5.41) is 4.79. The van der Waals surface area contributed by atoms with E-state index in [0.717, 1.165) is 10.1 Å². The molecular formula is C22H17ClFN3O3S. The first-order valence-corrected chi connectivity index (χ1v) is 10.6. The molecule has 2 heterocycles. The Hall–Kier alpha value is -3.23. The second kappa shape index (κ2) is 8.49. The van der Waals surface area contributed by atoms with Crippen LogP contribution in [0.4, 0.5) is 10.1 Å². The Labute approximate surface area is 185 Å². The average molecular weight is 458 g/mol. The van der Waals surface area contributed by atoms with Crippen LogP contribution in [0.2, 0.25) is 5.02 Å². The van der Waals surface area contributed by atoms with Crippen LogP contribution in [0.5, 0.6) is 0 Å². The van der Waals surface area contributed by atoms with Crippen molar-refractivity contribution >= 4 is 44.7 Å². The summed E-state index contributed by atoms with van der Waals surface area (Å²) in [7, 11) is 0. The lowest BCUT2D eigenvalue weighted by atomic mass is 10.2. The molecule has 0 aliphatic heterocycles. The van der Waals surface area contributed by atoms with Gasteiger partial charge in [0.25, 0.3) is 5.56 Å². The summed E-state index contributed by atoms with van der Waals surface area (Å²) >= 11 is 7.37. The zero-order chi connectivity index (χ0) is 22.1. The van der Waals surface area contributed by atoms with Crippen LogP contribution >= 0.6 is 22.9 Å². The molecule has 0 radical (unpaired) electrons. The number of benzene rings is 2. The fourth-order valence-electron chi connectivity index (χ4n) is 3.25. The van der Waals surface area contributed by atoms with Gasteiger partial charge in [0.05, 0.1) is 22.8 Å². The summed E-state index contributed by atoms with van der Waals surface area (Å²) in [6.07, 6.45) is 0. The van der Waals surface area contributed by atoms with Crippen molar-refractivity contribution in [3.05, 3.63) is 96.7 Å². The number of amides is 1. The predicted octanol–water partition coefficient (Wildman–Crippen LogP) is 4.01. The highest BCUT2D eigenvalue weighted by Gasteiger charge is 2.17. The normalized spacial score (nSPS) is 11.1. The number of aromatic nitrogens is 2. The first kappa shape index (κ1) is 21.0. The maximum Gasteiger partial charge on any atom is 0.332 e. The number of aryl methyl sites for hydroxylation is 1. The molecule has 0 saturated heterocycles. The molecule has 6 nitrogen and oxygen atoms in total. The minimum atomic E-state index is -0.620. The van der Waals surface area contributed by atoms with Crippen LogP contribution in [0.3, 0.4) is 0 Å². The van der Waals surface area contributed by atoms with Gasteiger partial charge in [-0.2, -0.15) is 0 Å². The van der Waals surface area contributed by atoms with Gasteiger partial charge in [-0.1, -0.05) is 29.8 Å². The van der Waals surface area contributed by atoms with E-state index in [4.69, 9.17) is 11.6 Å². The monoisotopic (exact) mass is 457 g/mol. The molecule has 0 bridgehead atoms. The number of halogens is 2. The number of nitrogens with one attached hydrogen (secondary N) is 1. The molecule has 2 aromatic heterocycles. The lowest BCUT2D eigenvalue weighted by Crippen LogP contribution is -2.41. The van der Waals surface area contributed by atoms with Crippen molar-refractivity contribution < 1.29 is 9.18 Å². The number of nitrogens with zero attached hydrogens (tertiary/aromatic N) is 2. The van der Waals surface area contributed by atoms with E-state index in [1.54, 1.807) is 23.6 Å². The van der Waals surface area contributed by atoms with Crippen LogP contribution in [0.1, 0.15) is 11.1 Å². The predicted molar refractivity (Wildman–Crippen MR) is 121 cm³/mol. The topological polar surface area (TPSA) is 73.1 Å². The maximum atomic E-state index is 13.2. The van der Waals surface area contributed by atoms with Crippen LogP contribution in [0, 0.1) is 12.7 Å². The maximum absolute atomic E-state index is 13.2. The first-order valence-electron chi connectivity index (χ1n) is 9.35. The lowest BCUT2D eigenvalue weighted by molar-refractivity contribution is -0.116. The van der Waals surface area contributed by atoms with Gasteiger partial charge in [-0.3, -0.25) is 18.7 Å². The molecule has 0 spiro atoms. The summed E-state index contributed by atoms with van der Waals surface area (Å²) in [4.78, 5) is 38.7. The van der Waals surface area contributed by atoms with Crippen molar-refractivity contribution in [3.63, 3.8) is 0 Å². The quantitative estimate of drug-likeness (QED) is 0.492. The fourth-order valence-corrected chi connectivity index (χ4v) is 4.38. The molecule has 0 aliphatic carbocycles. The molecule has 0 saturated carbocycles. The van der Waals surface area contributed by atoms with Gasteiger partial charge in [0, 0.05) is 0 Å². The zero-order valence-electron chi connectivity index (χ0n) is 16.4. The van der Waals surface area contributed by atoms with Gasteiger partial charge >= 0.3 is 5.69 Å². The van der Waals surface area contributed by atoms with Crippen LogP contribution in [-0.2, 0) is 17.9 Å². The van der Waals surface area contributed by atoms with Gasteiger partial charge in [-0.15, -0.1) is 11.3 Å². The largest absolute Gasteiger partial charge is 0.332 e. The Morgan fingerprint density at radius 3 is 2.55 bits per heavy atom. The van der Waals surface area contributed by atoms with Gasteiger partial charge in [0.15, 0.2) is 0 Å². The van der Waals surface area contributed by atoms with Gasteiger partial charge in [0.2, 0.25) is 5.91 Å². The Bertz CT molecular complexity index is 1410. The standard InChI is InChI=1S/C22H17ClFN3O3S/c1-13-2-7-17(16(23)10-13)25-19(28)12-26-18-8-9-31-20(18)21(29)27(22(26)30)11-14-3-5-15(24)6-4-14/h2-10H,11-12H2,1H3,(H,25,28). The minimum absolute atomic E-state index is 0.0306. The Balaban J connectivity index is 1.71. The molecule has 158 valence electrons. The third-order valence-corrected chi connectivity index (χ3v) is 6.00. The van der Waals surface area contributed by atoms with Crippen molar-refractivity contribution in [3.8, 4) is 0 Å². The van der Waals surface area contributed by atoms with E-state index in [2.05, 4.69) is 5.32 Å². The van der Waals surface area contributed by atoms with Gasteiger partial charge in [-0.05, 0) is 53.8 Å². The third kappa shape index (κ3) is 4.30. The van der Waals surface area contributed by atoms with Gasteiger partial charge in [-0.25, -0.2) is 9.18 Å². The Morgan fingerprint density at radius 1 is 1.10 bits per heavy atom. The van der Waals surface area contributed by atoms with E-state index in [0.29, 0.717) is 26.5 Å². The summed E-state index contributed by atoms with van der Waals surface area (Å²) in [6.45, 7) is 1.56. The van der Waals surface area contributed by atoms with Crippen molar-refractivity contribution in [1.29, 1.82) is 0 Å². The summed E-state index contributed by atoms with van der Waals surface area (Å²) in [6, 6.07) is 12.4. The van der Waals surface area contributed by atoms with Gasteiger partial charge < -0.3 is 5.32 Å². The number of anilines is 1. The molecule has 0 fully saturated rings. The van der Waals surface area contributed by atoms with Crippen LogP contribution in [0.15, 0.2) is 63.5 Å². The number of carbonyl (C=O) groups is 1. The molecule has 0 aliphatic rings.